The van der Waals surface area contributed by atoms with E-state index in [0.29, 0.717) is 11.6 Å². The summed E-state index contributed by atoms with van der Waals surface area (Å²) in [5.74, 6) is -0.181. The molecule has 108 valence electrons. The van der Waals surface area contributed by atoms with Crippen molar-refractivity contribution in [1.82, 2.24) is 0 Å². The number of hydrogen-bond donors (Lipinski definition) is 1. The second kappa shape index (κ2) is 7.62. The number of methoxy groups -OCH3 is 1. The SMILES string of the molecule is COCc1cccc(NC(=O)/C=C/c2ccc(Cl)cc2)c1. The Morgan fingerprint density at radius 3 is 2.71 bits per heavy atom. The van der Waals surface area contributed by atoms with E-state index < -0.39 is 0 Å². The lowest BCUT2D eigenvalue weighted by molar-refractivity contribution is -0.111. The second-order valence-corrected chi connectivity index (χ2v) is 4.94. The largest absolute Gasteiger partial charge is 0.380 e. The van der Waals surface area contributed by atoms with Crippen molar-refractivity contribution in [1.29, 1.82) is 0 Å². The van der Waals surface area contributed by atoms with E-state index in [1.807, 2.05) is 36.4 Å². The first-order chi connectivity index (χ1) is 10.2. The van der Waals surface area contributed by atoms with Crippen LogP contribution in [0.1, 0.15) is 11.1 Å². The molecule has 0 saturated carbocycles. The summed E-state index contributed by atoms with van der Waals surface area (Å²) in [5, 5.41) is 3.49. The summed E-state index contributed by atoms with van der Waals surface area (Å²) in [5.41, 5.74) is 2.68. The molecular formula is C17H16ClNO2. The van der Waals surface area contributed by atoms with Gasteiger partial charge in [0.25, 0.3) is 0 Å². The van der Waals surface area contributed by atoms with Crippen LogP contribution in [0.2, 0.25) is 5.02 Å². The van der Waals surface area contributed by atoms with E-state index in [0.717, 1.165) is 16.8 Å². The standard InChI is InChI=1S/C17H16ClNO2/c1-21-12-14-3-2-4-16(11-14)19-17(20)10-7-13-5-8-15(18)9-6-13/h2-11H,12H2,1H3,(H,19,20)/b10-7+. The predicted octanol–water partition coefficient (Wildman–Crippen LogP) is 4.14. The Hall–Kier alpha value is -2.10. The highest BCUT2D eigenvalue weighted by Gasteiger charge is 1.99. The Morgan fingerprint density at radius 2 is 2.00 bits per heavy atom. The van der Waals surface area contributed by atoms with Crippen molar-refractivity contribution in [3.63, 3.8) is 0 Å². The van der Waals surface area contributed by atoms with Gasteiger partial charge in [-0.3, -0.25) is 4.79 Å². The lowest BCUT2D eigenvalue weighted by atomic mass is 10.2. The topological polar surface area (TPSA) is 38.3 Å². The summed E-state index contributed by atoms with van der Waals surface area (Å²) in [4.78, 5) is 11.9. The van der Waals surface area contributed by atoms with Gasteiger partial charge in [0.2, 0.25) is 5.91 Å². The van der Waals surface area contributed by atoms with E-state index >= 15 is 0 Å². The van der Waals surface area contributed by atoms with Gasteiger partial charge in [0.1, 0.15) is 0 Å². The van der Waals surface area contributed by atoms with E-state index in [-0.39, 0.29) is 5.91 Å². The first-order valence-corrected chi connectivity index (χ1v) is 6.87. The number of benzene rings is 2. The van der Waals surface area contributed by atoms with Gasteiger partial charge in [-0.15, -0.1) is 0 Å². The van der Waals surface area contributed by atoms with Gasteiger partial charge in [-0.2, -0.15) is 0 Å². The molecule has 0 aliphatic carbocycles. The number of carbonyl (C=O) groups excluding carboxylic acids is 1. The lowest BCUT2D eigenvalue weighted by Crippen LogP contribution is -2.07. The Kier molecular flexibility index (Phi) is 5.55. The molecule has 1 amide bonds. The van der Waals surface area contributed by atoms with Gasteiger partial charge in [0.05, 0.1) is 6.61 Å². The van der Waals surface area contributed by atoms with E-state index in [1.165, 1.54) is 6.08 Å². The first kappa shape index (κ1) is 15.3. The van der Waals surface area contributed by atoms with Crippen LogP contribution < -0.4 is 5.32 Å². The molecule has 4 heteroatoms. The van der Waals surface area contributed by atoms with Gasteiger partial charge in [0.15, 0.2) is 0 Å². The highest BCUT2D eigenvalue weighted by Crippen LogP contribution is 2.13. The van der Waals surface area contributed by atoms with Gasteiger partial charge < -0.3 is 10.1 Å². The van der Waals surface area contributed by atoms with Crippen LogP contribution in [0.4, 0.5) is 5.69 Å². The number of hydrogen-bond acceptors (Lipinski definition) is 2. The van der Waals surface area contributed by atoms with Gasteiger partial charge in [-0.05, 0) is 41.5 Å². The molecule has 0 aliphatic heterocycles. The summed E-state index contributed by atoms with van der Waals surface area (Å²) < 4.78 is 5.07. The molecule has 0 aliphatic rings. The Labute approximate surface area is 129 Å². The minimum Gasteiger partial charge on any atom is -0.380 e. The highest BCUT2D eigenvalue weighted by atomic mass is 35.5. The van der Waals surface area contributed by atoms with Gasteiger partial charge in [-0.1, -0.05) is 35.9 Å². The molecular weight excluding hydrogens is 286 g/mol. The van der Waals surface area contributed by atoms with Gasteiger partial charge in [0, 0.05) is 23.9 Å². The maximum atomic E-state index is 11.9. The van der Waals surface area contributed by atoms with Crippen molar-refractivity contribution in [3.05, 3.63) is 70.8 Å². The van der Waals surface area contributed by atoms with Crippen LogP contribution in [-0.2, 0) is 16.1 Å². The second-order valence-electron chi connectivity index (χ2n) is 4.51. The molecule has 0 spiro atoms. The van der Waals surface area contributed by atoms with Crippen LogP contribution in [0.5, 0.6) is 0 Å². The third-order valence-electron chi connectivity index (χ3n) is 2.80. The Balaban J connectivity index is 1.98. The zero-order chi connectivity index (χ0) is 15.1. The predicted molar refractivity (Wildman–Crippen MR) is 86.3 cm³/mol. The number of carbonyl (C=O) groups is 1. The van der Waals surface area contributed by atoms with Crippen LogP contribution in [0.25, 0.3) is 6.08 Å². The third-order valence-corrected chi connectivity index (χ3v) is 3.05. The van der Waals surface area contributed by atoms with Crippen molar-refractivity contribution < 1.29 is 9.53 Å². The van der Waals surface area contributed by atoms with Crippen molar-refractivity contribution in [3.8, 4) is 0 Å². The molecule has 0 aromatic heterocycles. The Morgan fingerprint density at radius 1 is 1.24 bits per heavy atom. The van der Waals surface area contributed by atoms with Crippen LogP contribution in [-0.4, -0.2) is 13.0 Å². The molecule has 0 heterocycles. The average molecular weight is 302 g/mol. The zero-order valence-corrected chi connectivity index (χ0v) is 12.4. The van der Waals surface area contributed by atoms with Crippen molar-refractivity contribution >= 4 is 29.3 Å². The molecule has 3 nitrogen and oxygen atoms in total. The quantitative estimate of drug-likeness (QED) is 0.843. The van der Waals surface area contributed by atoms with E-state index in [1.54, 1.807) is 25.3 Å². The minimum absolute atomic E-state index is 0.181. The van der Waals surface area contributed by atoms with Gasteiger partial charge in [-0.25, -0.2) is 0 Å². The molecule has 2 aromatic rings. The first-order valence-electron chi connectivity index (χ1n) is 6.50. The highest BCUT2D eigenvalue weighted by molar-refractivity contribution is 6.30. The number of rotatable bonds is 5. The molecule has 0 radical (unpaired) electrons. The molecule has 2 rings (SSSR count). The Bertz CT molecular complexity index is 635. The molecule has 2 aromatic carbocycles. The van der Waals surface area contributed by atoms with E-state index in [4.69, 9.17) is 16.3 Å². The maximum Gasteiger partial charge on any atom is 0.248 e. The van der Waals surface area contributed by atoms with Crippen LogP contribution in [0.15, 0.2) is 54.6 Å². The molecule has 21 heavy (non-hydrogen) atoms. The third kappa shape index (κ3) is 5.06. The van der Waals surface area contributed by atoms with Crippen molar-refractivity contribution in [2.75, 3.05) is 12.4 Å². The summed E-state index contributed by atoms with van der Waals surface area (Å²) >= 11 is 5.81. The monoisotopic (exact) mass is 301 g/mol. The molecule has 0 saturated heterocycles. The molecule has 0 bridgehead atoms. The number of ether oxygens (including phenoxy) is 1. The normalized spacial score (nSPS) is 10.8. The van der Waals surface area contributed by atoms with Crippen molar-refractivity contribution in [2.45, 2.75) is 6.61 Å². The lowest BCUT2D eigenvalue weighted by Gasteiger charge is -2.05. The van der Waals surface area contributed by atoms with E-state index in [2.05, 4.69) is 5.32 Å². The van der Waals surface area contributed by atoms with Crippen LogP contribution in [0, 0.1) is 0 Å². The molecule has 0 unspecified atom stereocenters. The number of nitrogens with one attached hydrogen (secondary N) is 1. The fraction of sp³-hybridized carbons (Fsp3) is 0.118. The number of halogens is 1. The molecule has 0 fully saturated rings. The molecule has 1 N–H and O–H groups in total. The summed E-state index contributed by atoms with van der Waals surface area (Å²) in [6, 6.07) is 14.8. The van der Waals surface area contributed by atoms with Crippen LogP contribution >= 0.6 is 11.6 Å². The summed E-state index contributed by atoms with van der Waals surface area (Å²) in [6.45, 7) is 0.518. The average Bonchev–Trinajstić information content (AvgIpc) is 2.47. The maximum absolute atomic E-state index is 11.9. The van der Waals surface area contributed by atoms with Crippen LogP contribution in [0.3, 0.4) is 0 Å². The minimum atomic E-state index is -0.181. The van der Waals surface area contributed by atoms with Gasteiger partial charge >= 0.3 is 0 Å². The van der Waals surface area contributed by atoms with Crippen molar-refractivity contribution in [2.24, 2.45) is 0 Å². The fourth-order valence-corrected chi connectivity index (χ4v) is 1.96. The zero-order valence-electron chi connectivity index (χ0n) is 11.7. The number of anilines is 1. The number of amides is 1. The fourth-order valence-electron chi connectivity index (χ4n) is 1.84. The smallest absolute Gasteiger partial charge is 0.248 e. The van der Waals surface area contributed by atoms with E-state index in [9.17, 15) is 4.79 Å². The molecule has 0 atom stereocenters. The summed E-state index contributed by atoms with van der Waals surface area (Å²) in [6.07, 6.45) is 3.23. The summed E-state index contributed by atoms with van der Waals surface area (Å²) in [7, 11) is 1.64.